The Bertz CT molecular complexity index is 1380. The number of benzene rings is 2. The van der Waals surface area contributed by atoms with Crippen LogP contribution in [0.25, 0.3) is 6.08 Å². The van der Waals surface area contributed by atoms with Gasteiger partial charge in [0, 0.05) is 24.4 Å². The minimum atomic E-state index is -4.96. The summed E-state index contributed by atoms with van der Waals surface area (Å²) in [4.78, 5) is 19.7. The molecular weight excluding hydrogens is 544 g/mol. The van der Waals surface area contributed by atoms with Crippen molar-refractivity contribution < 1.29 is 31.1 Å². The van der Waals surface area contributed by atoms with Gasteiger partial charge in [-0.3, -0.25) is 9.78 Å². The Morgan fingerprint density at radius 2 is 1.63 bits per heavy atom. The first-order valence-electron chi connectivity index (χ1n) is 13.4. The molecule has 41 heavy (non-hydrogen) atoms. The summed E-state index contributed by atoms with van der Waals surface area (Å²) in [6, 6.07) is 13.2. The van der Waals surface area contributed by atoms with Crippen molar-refractivity contribution in [3.8, 4) is 0 Å². The number of carbonyl (C=O) groups is 1. The number of fused-ring (bicyclic) bond motifs is 2. The zero-order chi connectivity index (χ0) is 29.3. The molecule has 10 heteroatoms. The molecule has 0 saturated carbocycles. The van der Waals surface area contributed by atoms with Crippen LogP contribution in [0.2, 0.25) is 0 Å². The van der Waals surface area contributed by atoms with Crippen molar-refractivity contribution in [1.82, 2.24) is 15.2 Å². The van der Waals surface area contributed by atoms with Crippen molar-refractivity contribution in [2.75, 3.05) is 19.6 Å². The Kier molecular flexibility index (Phi) is 7.96. The van der Waals surface area contributed by atoms with Crippen molar-refractivity contribution in [2.45, 2.75) is 49.5 Å². The Morgan fingerprint density at radius 3 is 2.27 bits per heavy atom. The summed E-state index contributed by atoms with van der Waals surface area (Å²) in [5.41, 5.74) is 0.134. The molecule has 1 saturated heterocycles. The number of nitrogens with one attached hydrogen (secondary N) is 1. The van der Waals surface area contributed by atoms with E-state index in [9.17, 15) is 31.1 Å². The van der Waals surface area contributed by atoms with Gasteiger partial charge in [-0.05, 0) is 85.4 Å². The van der Waals surface area contributed by atoms with Crippen molar-refractivity contribution >= 4 is 12.0 Å². The normalized spacial score (nSPS) is 17.4. The van der Waals surface area contributed by atoms with Crippen LogP contribution in [0.5, 0.6) is 0 Å². The fourth-order valence-corrected chi connectivity index (χ4v) is 5.82. The number of nitrogens with zero attached hydrogens (tertiary/aromatic N) is 2. The van der Waals surface area contributed by atoms with Crippen molar-refractivity contribution in [2.24, 2.45) is 0 Å². The number of amides is 1. The maximum absolute atomic E-state index is 13.3. The second kappa shape index (κ2) is 11.3. The minimum absolute atomic E-state index is 0.0213. The van der Waals surface area contributed by atoms with E-state index >= 15 is 0 Å². The van der Waals surface area contributed by atoms with Gasteiger partial charge in [-0.2, -0.15) is 26.3 Å². The van der Waals surface area contributed by atoms with Gasteiger partial charge in [-0.25, -0.2) is 0 Å². The summed E-state index contributed by atoms with van der Waals surface area (Å²) >= 11 is 0. The van der Waals surface area contributed by atoms with E-state index in [0.29, 0.717) is 30.7 Å². The Balaban J connectivity index is 1.25. The van der Waals surface area contributed by atoms with Gasteiger partial charge in [0.15, 0.2) is 0 Å². The number of carbonyl (C=O) groups excluding carboxylic acids is 1. The average molecular weight is 574 g/mol. The predicted octanol–water partition coefficient (Wildman–Crippen LogP) is 6.97. The number of piperidine rings is 1. The van der Waals surface area contributed by atoms with Crippen LogP contribution in [-0.4, -0.2) is 35.4 Å². The molecule has 1 N–H and O–H groups in total. The maximum atomic E-state index is 13.3. The van der Waals surface area contributed by atoms with Gasteiger partial charge in [0.1, 0.15) is 0 Å². The highest BCUT2D eigenvalue weighted by Crippen LogP contribution is 2.43. The highest BCUT2D eigenvalue weighted by Gasteiger charge is 2.39. The molecule has 3 aromatic rings. The minimum Gasteiger partial charge on any atom is -0.351 e. The molecule has 1 amide bonds. The van der Waals surface area contributed by atoms with Crippen LogP contribution in [0, 0.1) is 0 Å². The number of alkyl halides is 6. The van der Waals surface area contributed by atoms with Crippen LogP contribution in [0.15, 0.2) is 73.1 Å². The molecule has 5 rings (SSSR count). The molecule has 4 nitrogen and oxygen atoms in total. The van der Waals surface area contributed by atoms with Gasteiger partial charge >= 0.3 is 12.4 Å². The number of aromatic nitrogens is 1. The zero-order valence-corrected chi connectivity index (χ0v) is 22.1. The largest absolute Gasteiger partial charge is 0.416 e. The predicted molar refractivity (Wildman–Crippen MR) is 143 cm³/mol. The number of rotatable bonds is 7. The first kappa shape index (κ1) is 28.9. The van der Waals surface area contributed by atoms with E-state index in [1.807, 2.05) is 6.07 Å². The van der Waals surface area contributed by atoms with E-state index in [-0.39, 0.29) is 17.0 Å². The lowest BCUT2D eigenvalue weighted by Gasteiger charge is -2.39. The molecule has 216 valence electrons. The SMILES string of the molecule is O=C(NCc1cc(C(F)(F)F)cc(C(F)(F)F)c1)C(CCN1CCC2(C=Cc3ccccc32)CC1)c1cccnc1. The molecule has 1 fully saturated rings. The Morgan fingerprint density at radius 1 is 0.951 bits per heavy atom. The van der Waals surface area contributed by atoms with Gasteiger partial charge in [0.2, 0.25) is 5.91 Å². The summed E-state index contributed by atoms with van der Waals surface area (Å²) in [6.07, 6.45) is -0.00734. The van der Waals surface area contributed by atoms with Crippen molar-refractivity contribution in [1.29, 1.82) is 0 Å². The number of pyridine rings is 1. The van der Waals surface area contributed by atoms with Crippen molar-refractivity contribution in [3.63, 3.8) is 0 Å². The van der Waals surface area contributed by atoms with Crippen molar-refractivity contribution in [3.05, 3.63) is 106 Å². The Hall–Kier alpha value is -3.66. The molecule has 1 spiro atoms. The summed E-state index contributed by atoms with van der Waals surface area (Å²) < 4.78 is 79.6. The first-order valence-corrected chi connectivity index (χ1v) is 13.4. The molecule has 1 aromatic heterocycles. The third-order valence-electron chi connectivity index (χ3n) is 8.08. The topological polar surface area (TPSA) is 45.2 Å². The fraction of sp³-hybridized carbons (Fsp3) is 0.355. The van der Waals surface area contributed by atoms with E-state index in [1.165, 1.54) is 11.1 Å². The molecule has 2 aliphatic rings. The molecule has 0 radical (unpaired) electrons. The fourth-order valence-electron chi connectivity index (χ4n) is 5.82. The lowest BCUT2D eigenvalue weighted by atomic mass is 9.74. The van der Waals surface area contributed by atoms with E-state index in [2.05, 4.69) is 45.6 Å². The molecule has 1 aliphatic heterocycles. The third kappa shape index (κ3) is 6.48. The quantitative estimate of drug-likeness (QED) is 0.311. The van der Waals surface area contributed by atoms with Gasteiger partial charge < -0.3 is 10.2 Å². The highest BCUT2D eigenvalue weighted by molar-refractivity contribution is 5.83. The molecule has 1 atom stereocenters. The highest BCUT2D eigenvalue weighted by atomic mass is 19.4. The van der Waals surface area contributed by atoms with Crippen LogP contribution in [0.3, 0.4) is 0 Å². The zero-order valence-electron chi connectivity index (χ0n) is 22.1. The lowest BCUT2D eigenvalue weighted by molar-refractivity contribution is -0.143. The molecule has 2 heterocycles. The summed E-state index contributed by atoms with van der Waals surface area (Å²) in [6.45, 7) is 1.81. The summed E-state index contributed by atoms with van der Waals surface area (Å²) in [5.74, 6) is -1.15. The molecule has 2 aromatic carbocycles. The summed E-state index contributed by atoms with van der Waals surface area (Å²) in [7, 11) is 0. The maximum Gasteiger partial charge on any atom is 0.416 e. The Labute approximate surface area is 234 Å². The number of hydrogen-bond donors (Lipinski definition) is 1. The van der Waals surface area contributed by atoms with E-state index in [0.717, 1.165) is 25.9 Å². The third-order valence-corrected chi connectivity index (χ3v) is 8.08. The molecular formula is C31H29F6N3O. The standard InChI is InChI=1S/C31H29F6N3O/c32-30(33,34)24-16-21(17-25(18-24)31(35,36)37)19-39-28(41)26(23-5-3-12-38-20-23)8-13-40-14-10-29(11-15-40)9-7-22-4-1-2-6-27(22)29/h1-7,9,12,16-18,20,26H,8,10-11,13-15,19H2,(H,39,41). The molecule has 0 bridgehead atoms. The van der Waals surface area contributed by atoms with Crippen LogP contribution < -0.4 is 5.32 Å². The van der Waals surface area contributed by atoms with E-state index in [4.69, 9.17) is 0 Å². The number of halogens is 6. The van der Waals surface area contributed by atoms with E-state index in [1.54, 1.807) is 24.5 Å². The number of likely N-dealkylation sites (tertiary alicyclic amines) is 1. The molecule has 1 aliphatic carbocycles. The van der Waals surface area contributed by atoms with Gasteiger partial charge in [-0.1, -0.05) is 42.5 Å². The second-order valence-electron chi connectivity index (χ2n) is 10.7. The van der Waals surface area contributed by atoms with Crippen LogP contribution in [-0.2, 0) is 29.1 Å². The van der Waals surface area contributed by atoms with Gasteiger partial charge in [0.25, 0.3) is 0 Å². The van der Waals surface area contributed by atoms with E-state index < -0.39 is 41.8 Å². The van der Waals surface area contributed by atoms with Crippen LogP contribution in [0.1, 0.15) is 58.6 Å². The summed E-state index contributed by atoms with van der Waals surface area (Å²) in [5, 5.41) is 2.56. The van der Waals surface area contributed by atoms with Crippen LogP contribution >= 0.6 is 0 Å². The average Bonchev–Trinajstić information content (AvgIpc) is 3.30. The smallest absolute Gasteiger partial charge is 0.351 e. The molecule has 1 unspecified atom stereocenters. The number of hydrogen-bond acceptors (Lipinski definition) is 3. The lowest BCUT2D eigenvalue weighted by Crippen LogP contribution is -2.42. The first-order chi connectivity index (χ1) is 19.4. The monoisotopic (exact) mass is 573 g/mol. The van der Waals surface area contributed by atoms with Gasteiger partial charge in [-0.15, -0.1) is 0 Å². The van der Waals surface area contributed by atoms with Gasteiger partial charge in [0.05, 0.1) is 17.0 Å². The second-order valence-corrected chi connectivity index (χ2v) is 10.7. The number of allylic oxidation sites excluding steroid dienone is 1. The van der Waals surface area contributed by atoms with Crippen LogP contribution in [0.4, 0.5) is 26.3 Å².